The summed E-state index contributed by atoms with van der Waals surface area (Å²) in [6, 6.07) is 0. The summed E-state index contributed by atoms with van der Waals surface area (Å²) in [5, 5.41) is 0. The summed E-state index contributed by atoms with van der Waals surface area (Å²) in [6.07, 6.45) is 17.3. The molecule has 3 atom stereocenters. The minimum absolute atomic E-state index is 0.917. The van der Waals surface area contributed by atoms with Crippen molar-refractivity contribution in [2.75, 3.05) is 0 Å². The third-order valence-corrected chi connectivity index (χ3v) is 5.42. The molecule has 0 bridgehead atoms. The van der Waals surface area contributed by atoms with Gasteiger partial charge in [-0.1, -0.05) is 112 Å². The fourth-order valence-corrected chi connectivity index (χ4v) is 2.91. The largest absolute Gasteiger partial charge is 0.0651 e. The van der Waals surface area contributed by atoms with Gasteiger partial charge < -0.3 is 0 Å². The van der Waals surface area contributed by atoms with Crippen LogP contribution in [0.2, 0.25) is 0 Å². The first kappa shape index (κ1) is 20.0. The van der Waals surface area contributed by atoms with Crippen LogP contribution in [0.4, 0.5) is 0 Å². The highest BCUT2D eigenvalue weighted by molar-refractivity contribution is 4.60. The molecule has 0 aliphatic carbocycles. The first-order chi connectivity index (χ1) is 9.61. The molecule has 0 aromatic rings. The lowest BCUT2D eigenvalue weighted by molar-refractivity contribution is 0.342. The molecule has 0 spiro atoms. The SMILES string of the molecule is CCC(C)CCCCCCCCCCC(C)C(C)CC. The predicted molar refractivity (Wildman–Crippen MR) is 94.2 cm³/mol. The zero-order valence-corrected chi connectivity index (χ0v) is 15.2. The summed E-state index contributed by atoms with van der Waals surface area (Å²) >= 11 is 0. The Morgan fingerprint density at radius 3 is 1.40 bits per heavy atom. The van der Waals surface area contributed by atoms with Crippen LogP contribution in [0, 0.1) is 17.8 Å². The molecule has 0 aromatic carbocycles. The molecule has 0 aromatic heterocycles. The topological polar surface area (TPSA) is 0 Å². The molecule has 0 N–H and O–H groups in total. The average Bonchev–Trinajstić information content (AvgIpc) is 2.47. The van der Waals surface area contributed by atoms with Gasteiger partial charge in [-0.3, -0.25) is 0 Å². The van der Waals surface area contributed by atoms with Crippen molar-refractivity contribution in [2.45, 2.75) is 112 Å². The molecule has 0 radical (unpaired) electrons. The average molecular weight is 283 g/mol. The fraction of sp³-hybridized carbons (Fsp3) is 1.00. The van der Waals surface area contributed by atoms with E-state index in [0.717, 1.165) is 17.8 Å². The molecule has 0 saturated heterocycles. The van der Waals surface area contributed by atoms with Gasteiger partial charge in [-0.15, -0.1) is 0 Å². The van der Waals surface area contributed by atoms with Crippen molar-refractivity contribution in [1.82, 2.24) is 0 Å². The van der Waals surface area contributed by atoms with E-state index in [1.54, 1.807) is 0 Å². The van der Waals surface area contributed by atoms with Gasteiger partial charge in [0.15, 0.2) is 0 Å². The first-order valence-electron chi connectivity index (χ1n) is 9.61. The highest BCUT2D eigenvalue weighted by atomic mass is 14.1. The molecule has 0 amide bonds. The Labute approximate surface area is 130 Å². The molecule has 0 saturated carbocycles. The second kappa shape index (κ2) is 14.0. The van der Waals surface area contributed by atoms with Crippen LogP contribution in [0.5, 0.6) is 0 Å². The molecule has 0 heterocycles. The highest BCUT2D eigenvalue weighted by Crippen LogP contribution is 2.21. The Morgan fingerprint density at radius 2 is 0.950 bits per heavy atom. The van der Waals surface area contributed by atoms with E-state index >= 15 is 0 Å². The highest BCUT2D eigenvalue weighted by Gasteiger charge is 2.08. The van der Waals surface area contributed by atoms with Crippen LogP contribution in [-0.4, -0.2) is 0 Å². The summed E-state index contributed by atoms with van der Waals surface area (Å²) in [5.41, 5.74) is 0. The van der Waals surface area contributed by atoms with E-state index in [0.29, 0.717) is 0 Å². The fourth-order valence-electron chi connectivity index (χ4n) is 2.91. The molecule has 20 heavy (non-hydrogen) atoms. The van der Waals surface area contributed by atoms with Crippen molar-refractivity contribution in [1.29, 1.82) is 0 Å². The molecule has 0 fully saturated rings. The zero-order chi connectivity index (χ0) is 15.2. The maximum atomic E-state index is 2.44. The van der Waals surface area contributed by atoms with Crippen molar-refractivity contribution in [3.05, 3.63) is 0 Å². The second-order valence-corrected chi connectivity index (χ2v) is 7.28. The molecule has 3 unspecified atom stereocenters. The normalized spacial score (nSPS) is 16.1. The molecular weight excluding hydrogens is 240 g/mol. The molecule has 0 aliphatic rings. The van der Waals surface area contributed by atoms with Gasteiger partial charge in [-0.2, -0.15) is 0 Å². The summed E-state index contributed by atoms with van der Waals surface area (Å²) in [6.45, 7) is 11.9. The van der Waals surface area contributed by atoms with Crippen molar-refractivity contribution >= 4 is 0 Å². The molecular formula is C20H42. The maximum Gasteiger partial charge on any atom is -0.0417 e. The monoisotopic (exact) mass is 282 g/mol. The maximum absolute atomic E-state index is 2.44. The predicted octanol–water partition coefficient (Wildman–Crippen LogP) is 7.62. The second-order valence-electron chi connectivity index (χ2n) is 7.28. The van der Waals surface area contributed by atoms with Crippen molar-refractivity contribution in [3.63, 3.8) is 0 Å². The van der Waals surface area contributed by atoms with Crippen LogP contribution in [-0.2, 0) is 0 Å². The quantitative estimate of drug-likeness (QED) is 0.287. The van der Waals surface area contributed by atoms with E-state index in [1.165, 1.54) is 77.0 Å². The van der Waals surface area contributed by atoms with Crippen LogP contribution in [0.25, 0.3) is 0 Å². The molecule has 122 valence electrons. The van der Waals surface area contributed by atoms with Crippen molar-refractivity contribution in [3.8, 4) is 0 Å². The Kier molecular flexibility index (Phi) is 14.0. The standard InChI is InChI=1S/C20H42/c1-6-18(3)16-14-12-10-8-9-11-13-15-17-20(5)19(4)7-2/h18-20H,6-17H2,1-5H3. The van der Waals surface area contributed by atoms with Crippen LogP contribution in [0.1, 0.15) is 112 Å². The first-order valence-corrected chi connectivity index (χ1v) is 9.61. The van der Waals surface area contributed by atoms with Gasteiger partial charge >= 0.3 is 0 Å². The van der Waals surface area contributed by atoms with Crippen LogP contribution < -0.4 is 0 Å². The Morgan fingerprint density at radius 1 is 0.500 bits per heavy atom. The number of hydrogen-bond acceptors (Lipinski definition) is 0. The number of hydrogen-bond donors (Lipinski definition) is 0. The van der Waals surface area contributed by atoms with E-state index < -0.39 is 0 Å². The van der Waals surface area contributed by atoms with Crippen LogP contribution in [0.15, 0.2) is 0 Å². The van der Waals surface area contributed by atoms with Gasteiger partial charge in [0.25, 0.3) is 0 Å². The number of unbranched alkanes of at least 4 members (excludes halogenated alkanes) is 7. The minimum atomic E-state index is 0.917. The molecule has 0 heteroatoms. The zero-order valence-electron chi connectivity index (χ0n) is 15.2. The minimum Gasteiger partial charge on any atom is -0.0651 e. The van der Waals surface area contributed by atoms with E-state index in [9.17, 15) is 0 Å². The summed E-state index contributed by atoms with van der Waals surface area (Å²) in [4.78, 5) is 0. The van der Waals surface area contributed by atoms with Gasteiger partial charge in [-0.05, 0) is 17.8 Å². The van der Waals surface area contributed by atoms with Gasteiger partial charge in [0.2, 0.25) is 0 Å². The lowest BCUT2D eigenvalue weighted by Gasteiger charge is -2.17. The summed E-state index contributed by atoms with van der Waals surface area (Å²) in [5.74, 6) is 2.79. The lowest BCUT2D eigenvalue weighted by Crippen LogP contribution is -2.06. The number of rotatable bonds is 14. The summed E-state index contributed by atoms with van der Waals surface area (Å²) < 4.78 is 0. The lowest BCUT2D eigenvalue weighted by atomic mass is 9.89. The Balaban J connectivity index is 3.17. The molecule has 0 rings (SSSR count). The van der Waals surface area contributed by atoms with Gasteiger partial charge in [0.1, 0.15) is 0 Å². The van der Waals surface area contributed by atoms with Crippen LogP contribution in [0.3, 0.4) is 0 Å². The summed E-state index contributed by atoms with van der Waals surface area (Å²) in [7, 11) is 0. The van der Waals surface area contributed by atoms with Crippen molar-refractivity contribution in [2.24, 2.45) is 17.8 Å². The third-order valence-electron chi connectivity index (χ3n) is 5.42. The van der Waals surface area contributed by atoms with E-state index in [2.05, 4.69) is 34.6 Å². The van der Waals surface area contributed by atoms with E-state index in [4.69, 9.17) is 0 Å². The van der Waals surface area contributed by atoms with E-state index in [-0.39, 0.29) is 0 Å². The van der Waals surface area contributed by atoms with Crippen LogP contribution >= 0.6 is 0 Å². The smallest absolute Gasteiger partial charge is 0.0417 e. The van der Waals surface area contributed by atoms with Gasteiger partial charge in [-0.25, -0.2) is 0 Å². The molecule has 0 aliphatic heterocycles. The van der Waals surface area contributed by atoms with Crippen molar-refractivity contribution < 1.29 is 0 Å². The Hall–Kier alpha value is 0. The van der Waals surface area contributed by atoms with Gasteiger partial charge in [0, 0.05) is 0 Å². The Bertz CT molecular complexity index is 184. The van der Waals surface area contributed by atoms with E-state index in [1.807, 2.05) is 0 Å². The third kappa shape index (κ3) is 11.8. The van der Waals surface area contributed by atoms with Gasteiger partial charge in [0.05, 0.1) is 0 Å². The molecule has 0 nitrogen and oxygen atoms in total.